The van der Waals surface area contributed by atoms with Crippen molar-refractivity contribution in [3.8, 4) is 0 Å². The third kappa shape index (κ3) is 14.2. The first-order valence-electron chi connectivity index (χ1n) is 11.6. The van der Waals surface area contributed by atoms with Crippen LogP contribution in [0.15, 0.2) is 0 Å². The van der Waals surface area contributed by atoms with Gasteiger partial charge in [0.25, 0.3) is 0 Å². The van der Waals surface area contributed by atoms with Crippen LogP contribution in [-0.2, 0) is 21.5 Å². The molecule has 0 aromatic carbocycles. The molecule has 0 rings (SSSR count). The number of alkyl halides is 3. The van der Waals surface area contributed by atoms with Gasteiger partial charge in [-0.1, -0.05) is 19.6 Å². The van der Waals surface area contributed by atoms with E-state index in [1.165, 1.54) is 0 Å². The van der Waals surface area contributed by atoms with E-state index in [-0.39, 0.29) is 6.04 Å². The van der Waals surface area contributed by atoms with E-state index in [0.717, 1.165) is 5.67 Å². The second kappa shape index (κ2) is 12.6. The average Bonchev–Trinajstić information content (AvgIpc) is 2.48. The lowest BCUT2D eigenvalue weighted by atomic mass is 10.5. The fraction of sp³-hybridized carbons (Fsp3) is 1.00. The van der Waals surface area contributed by atoms with Crippen molar-refractivity contribution in [2.75, 3.05) is 19.8 Å². The quantitative estimate of drug-likeness (QED) is 0.195. The van der Waals surface area contributed by atoms with E-state index in [2.05, 4.69) is 32.7 Å². The van der Waals surface area contributed by atoms with Crippen LogP contribution in [-0.4, -0.2) is 68.1 Å². The minimum atomic E-state index is -4.24. The SMILES string of the molecule is CCO[Si](C[Si](C)(C)O[Si](C)(CCC(F)(F)F)O[Si](C)(C)C[Si](C)(C)C)(OCC)OCC. The third-order valence-corrected chi connectivity index (χ3v) is 28.5. The lowest BCUT2D eigenvalue weighted by Gasteiger charge is -2.43. The van der Waals surface area contributed by atoms with Crippen LogP contribution in [0.1, 0.15) is 27.2 Å². The summed E-state index contributed by atoms with van der Waals surface area (Å²) in [6, 6.07) is -0.0957. The maximum atomic E-state index is 13.2. The molecule has 0 radical (unpaired) electrons. The van der Waals surface area contributed by atoms with Gasteiger partial charge >= 0.3 is 23.5 Å². The highest BCUT2D eigenvalue weighted by molar-refractivity contribution is 6.97. The maximum Gasteiger partial charge on any atom is 0.500 e. The molecule has 0 fully saturated rings. The summed E-state index contributed by atoms with van der Waals surface area (Å²) >= 11 is 0. The summed E-state index contributed by atoms with van der Waals surface area (Å²) in [6.07, 6.45) is -5.12. The van der Waals surface area contributed by atoms with Gasteiger partial charge in [-0.25, -0.2) is 0 Å². The maximum absolute atomic E-state index is 13.2. The van der Waals surface area contributed by atoms with Crippen LogP contribution >= 0.6 is 0 Å². The predicted octanol–water partition coefficient (Wildman–Crippen LogP) is 6.92. The highest BCUT2D eigenvalue weighted by Gasteiger charge is 2.52. The molecule has 0 aliphatic heterocycles. The fourth-order valence-electron chi connectivity index (χ4n) is 4.47. The van der Waals surface area contributed by atoms with Gasteiger partial charge in [-0.15, -0.1) is 0 Å². The first-order valence-corrected chi connectivity index (χ1v) is 26.0. The first kappa shape index (κ1) is 32.7. The number of hydrogen-bond acceptors (Lipinski definition) is 5. The van der Waals surface area contributed by atoms with E-state index in [1.807, 2.05) is 40.4 Å². The lowest BCUT2D eigenvalue weighted by molar-refractivity contribution is -0.131. The average molecular weight is 553 g/mol. The molecule has 0 bridgehead atoms. The van der Waals surface area contributed by atoms with E-state index in [9.17, 15) is 13.2 Å². The van der Waals surface area contributed by atoms with E-state index < -0.39 is 54.7 Å². The van der Waals surface area contributed by atoms with Crippen molar-refractivity contribution in [2.45, 2.75) is 103 Å². The van der Waals surface area contributed by atoms with E-state index in [1.54, 1.807) is 0 Å². The Kier molecular flexibility index (Phi) is 12.8. The summed E-state index contributed by atoms with van der Waals surface area (Å²) < 4.78 is 70.9. The number of rotatable bonds is 16. The van der Waals surface area contributed by atoms with Crippen molar-refractivity contribution in [1.82, 2.24) is 0 Å². The monoisotopic (exact) mass is 552 g/mol. The molecule has 0 spiro atoms. The summed E-state index contributed by atoms with van der Waals surface area (Å²) in [5.74, 6) is 0. The smallest absolute Gasteiger partial charge is 0.437 e. The minimum Gasteiger partial charge on any atom is -0.437 e. The zero-order valence-electron chi connectivity index (χ0n) is 22.1. The molecule has 32 heavy (non-hydrogen) atoms. The van der Waals surface area contributed by atoms with Gasteiger partial charge in [0, 0.05) is 40.0 Å². The van der Waals surface area contributed by atoms with Gasteiger partial charge in [0.1, 0.15) is 0 Å². The van der Waals surface area contributed by atoms with E-state index in [0.29, 0.717) is 25.5 Å². The zero-order valence-corrected chi connectivity index (χ0v) is 27.1. The number of hydrogen-bond donors (Lipinski definition) is 0. The zero-order chi connectivity index (χ0) is 25.5. The highest BCUT2D eigenvalue weighted by atomic mass is 28.5. The summed E-state index contributed by atoms with van der Waals surface area (Å²) in [6.45, 7) is 23.9. The molecule has 0 aliphatic carbocycles. The fourth-order valence-corrected chi connectivity index (χ4v) is 35.0. The molecular formula is C19H47F3O5Si5. The Morgan fingerprint density at radius 3 is 1.31 bits per heavy atom. The Hall–Kier alpha value is 0.674. The van der Waals surface area contributed by atoms with Crippen LogP contribution in [0.5, 0.6) is 0 Å². The van der Waals surface area contributed by atoms with Gasteiger partial charge in [0.2, 0.25) is 0 Å². The van der Waals surface area contributed by atoms with E-state index in [4.69, 9.17) is 21.5 Å². The standard InChI is InChI=1S/C19H47F3O5Si5/c1-12-23-32(24-13-2,25-14-3)18-30(9,10)27-31(11,16-15-19(20,21)22)26-29(7,8)17-28(4,5)6/h12-18H2,1-11H3. The summed E-state index contributed by atoms with van der Waals surface area (Å²) in [4.78, 5) is 0. The molecule has 5 nitrogen and oxygen atoms in total. The summed E-state index contributed by atoms with van der Waals surface area (Å²) in [5, 5.41) is 0. The molecule has 0 aromatic rings. The Balaban J connectivity index is 5.87. The second-order valence-electron chi connectivity index (χ2n) is 10.9. The Morgan fingerprint density at radius 2 is 1.00 bits per heavy atom. The minimum absolute atomic E-state index is 0.0957. The molecule has 1 atom stereocenters. The molecule has 0 aromatic heterocycles. The molecule has 0 saturated heterocycles. The first-order chi connectivity index (χ1) is 14.2. The molecule has 194 valence electrons. The third-order valence-electron chi connectivity index (χ3n) is 4.54. The van der Waals surface area contributed by atoms with Crippen molar-refractivity contribution in [2.24, 2.45) is 0 Å². The van der Waals surface area contributed by atoms with Crippen molar-refractivity contribution in [3.63, 3.8) is 0 Å². The molecule has 1 unspecified atom stereocenters. The molecule has 0 heterocycles. The summed E-state index contributed by atoms with van der Waals surface area (Å²) in [7, 11) is -12.3. The number of halogens is 3. The van der Waals surface area contributed by atoms with Gasteiger partial charge in [-0.2, -0.15) is 13.2 Å². The predicted molar refractivity (Wildman–Crippen MR) is 138 cm³/mol. The lowest BCUT2D eigenvalue weighted by Crippen LogP contribution is -2.59. The summed E-state index contributed by atoms with van der Waals surface area (Å²) in [5.41, 5.74) is 1.47. The Bertz CT molecular complexity index is 541. The van der Waals surface area contributed by atoms with Gasteiger partial charge < -0.3 is 21.5 Å². The molecule has 0 saturated carbocycles. The molecular weight excluding hydrogens is 506 g/mol. The largest absolute Gasteiger partial charge is 0.500 e. The van der Waals surface area contributed by atoms with Crippen LogP contribution in [0.3, 0.4) is 0 Å². The van der Waals surface area contributed by atoms with Crippen molar-refractivity contribution in [1.29, 1.82) is 0 Å². The highest BCUT2D eigenvalue weighted by Crippen LogP contribution is 2.35. The van der Waals surface area contributed by atoms with Crippen molar-refractivity contribution < 1.29 is 34.7 Å². The van der Waals surface area contributed by atoms with Gasteiger partial charge in [-0.3, -0.25) is 0 Å². The van der Waals surface area contributed by atoms with Crippen LogP contribution in [0.2, 0.25) is 69.8 Å². The van der Waals surface area contributed by atoms with Crippen LogP contribution in [0.25, 0.3) is 0 Å². The van der Waals surface area contributed by atoms with Crippen molar-refractivity contribution in [3.05, 3.63) is 0 Å². The molecule has 0 aliphatic rings. The normalized spacial score (nSPS) is 16.3. The van der Waals surface area contributed by atoms with E-state index >= 15 is 0 Å². The topological polar surface area (TPSA) is 46.2 Å². The van der Waals surface area contributed by atoms with Gasteiger partial charge in [0.05, 0.1) is 0 Å². The molecule has 0 amide bonds. The van der Waals surface area contributed by atoms with Crippen LogP contribution in [0, 0.1) is 0 Å². The molecule has 0 N–H and O–H groups in total. The van der Waals surface area contributed by atoms with Crippen LogP contribution < -0.4 is 0 Å². The molecule has 13 heteroatoms. The Labute approximate surface area is 199 Å². The van der Waals surface area contributed by atoms with Crippen molar-refractivity contribution >= 4 is 42.1 Å². The second-order valence-corrected chi connectivity index (χ2v) is 32.5. The Morgan fingerprint density at radius 1 is 0.625 bits per heavy atom. The van der Waals surface area contributed by atoms with Crippen LogP contribution in [0.4, 0.5) is 13.2 Å². The van der Waals surface area contributed by atoms with Gasteiger partial charge in [-0.05, 0) is 65.2 Å². The van der Waals surface area contributed by atoms with Gasteiger partial charge in [0.15, 0.2) is 16.6 Å².